The van der Waals surface area contributed by atoms with Crippen LogP contribution >= 0.6 is 0 Å². The third-order valence-corrected chi connectivity index (χ3v) is 8.01. The van der Waals surface area contributed by atoms with Gasteiger partial charge >= 0.3 is 6.09 Å². The summed E-state index contributed by atoms with van der Waals surface area (Å²) < 4.78 is 12.6. The van der Waals surface area contributed by atoms with Crippen molar-refractivity contribution in [1.82, 2.24) is 35.1 Å². The maximum atomic E-state index is 12.4. The molecule has 6 N–H and O–H groups in total. The summed E-state index contributed by atoms with van der Waals surface area (Å²) in [7, 11) is 0. The van der Waals surface area contributed by atoms with Crippen LogP contribution < -0.4 is 16.4 Å². The number of nitrogens with two attached hydrogens (primary N) is 1. The molecule has 5 atom stereocenters. The molecule has 0 bridgehead atoms. The number of amides is 3. The Morgan fingerprint density at radius 3 is 2.71 bits per heavy atom. The molecule has 3 aliphatic rings. The van der Waals surface area contributed by atoms with Crippen molar-refractivity contribution >= 4 is 34.9 Å². The van der Waals surface area contributed by atoms with Gasteiger partial charge in [-0.25, -0.2) is 19.7 Å². The summed E-state index contributed by atoms with van der Waals surface area (Å²) in [4.78, 5) is 51.0. The van der Waals surface area contributed by atoms with Crippen LogP contribution in [0.4, 0.5) is 10.6 Å². The first-order chi connectivity index (χ1) is 19.7. The molecule has 2 unspecified atom stereocenters. The van der Waals surface area contributed by atoms with Crippen molar-refractivity contribution in [2.24, 2.45) is 11.8 Å². The number of aliphatic hydroxyl groups excluding tert-OH is 2. The summed E-state index contributed by atoms with van der Waals surface area (Å²) in [6.45, 7) is 4.18. The van der Waals surface area contributed by atoms with E-state index >= 15 is 0 Å². The van der Waals surface area contributed by atoms with E-state index in [0.717, 1.165) is 25.7 Å². The van der Waals surface area contributed by atoms with Crippen molar-refractivity contribution in [2.75, 3.05) is 38.5 Å². The van der Waals surface area contributed by atoms with E-state index in [-0.39, 0.29) is 30.3 Å². The van der Waals surface area contributed by atoms with E-state index in [1.807, 2.05) is 0 Å². The standard InChI is InChI=1S/C26H38N8O7/c1-2-28-24(38)21-19(36)20(37)25(41-21)34-13-30-18-22(27)31-16(32-23(18)34)5-3-4-14-6-8-33(9-7-14)26(39)40-12-15-10-17(35)29-11-15/h13-15,19-21,25,36-37H,2-12H2,1H3,(H,28,38)(H,29,35)(H2,27,31,32)/t15?,19-,20?,21+,25-/m1/s1. The Morgan fingerprint density at radius 2 is 2.00 bits per heavy atom. The molecular formula is C26H38N8O7. The second kappa shape index (κ2) is 12.5. The van der Waals surface area contributed by atoms with Crippen LogP contribution in [0.3, 0.4) is 0 Å². The topological polar surface area (TPSA) is 207 Å². The number of likely N-dealkylation sites (N-methyl/N-ethyl adjacent to an activating group) is 1. The number of likely N-dealkylation sites (tertiary alicyclic amines) is 1. The normalized spacial score (nSPS) is 26.9. The molecule has 0 spiro atoms. The van der Waals surface area contributed by atoms with Crippen LogP contribution in [-0.2, 0) is 25.5 Å². The van der Waals surface area contributed by atoms with Crippen LogP contribution in [0.1, 0.15) is 51.1 Å². The number of carbonyl (C=O) groups is 3. The van der Waals surface area contributed by atoms with Gasteiger partial charge in [0.05, 0.1) is 12.9 Å². The highest BCUT2D eigenvalue weighted by Crippen LogP contribution is 2.32. The molecule has 0 aromatic carbocycles. The van der Waals surface area contributed by atoms with E-state index in [1.165, 1.54) is 10.9 Å². The van der Waals surface area contributed by atoms with Gasteiger partial charge in [0.2, 0.25) is 5.91 Å². The molecule has 41 heavy (non-hydrogen) atoms. The Kier molecular flexibility index (Phi) is 8.85. The van der Waals surface area contributed by atoms with Crippen LogP contribution in [0.5, 0.6) is 0 Å². The number of nitrogens with one attached hydrogen (secondary N) is 2. The van der Waals surface area contributed by atoms with E-state index < -0.39 is 30.4 Å². The SMILES string of the molecule is CCNC(=O)[C@H]1O[C@@H](n2cnc3c(N)nc(CCCC4CCN(C(=O)OCC5CNC(=O)C5)CC4)nc32)C(O)[C@H]1O. The van der Waals surface area contributed by atoms with Gasteiger partial charge < -0.3 is 41.0 Å². The smallest absolute Gasteiger partial charge is 0.409 e. The zero-order valence-corrected chi connectivity index (χ0v) is 23.1. The number of fused-ring (bicyclic) bond motifs is 1. The Hall–Kier alpha value is -3.56. The Morgan fingerprint density at radius 1 is 1.22 bits per heavy atom. The molecule has 0 saturated carbocycles. The van der Waals surface area contributed by atoms with Crippen LogP contribution in [0, 0.1) is 11.8 Å². The fraction of sp³-hybridized carbons (Fsp3) is 0.692. The van der Waals surface area contributed by atoms with E-state index in [1.54, 1.807) is 11.8 Å². The molecule has 0 radical (unpaired) electrons. The van der Waals surface area contributed by atoms with Crippen molar-refractivity contribution in [1.29, 1.82) is 0 Å². The second-order valence-corrected chi connectivity index (χ2v) is 10.9. The maximum absolute atomic E-state index is 12.4. The summed E-state index contributed by atoms with van der Waals surface area (Å²) in [6.07, 6.45) is 0.477. The van der Waals surface area contributed by atoms with Crippen LogP contribution in [0.2, 0.25) is 0 Å². The van der Waals surface area contributed by atoms with Crippen molar-refractivity contribution in [3.05, 3.63) is 12.2 Å². The van der Waals surface area contributed by atoms with Gasteiger partial charge in [-0.05, 0) is 38.5 Å². The molecule has 5 rings (SSSR count). The van der Waals surface area contributed by atoms with Crippen LogP contribution in [-0.4, -0.2) is 104 Å². The van der Waals surface area contributed by atoms with Gasteiger partial charge in [-0.2, -0.15) is 0 Å². The average molecular weight is 575 g/mol. The molecule has 224 valence electrons. The number of nitrogen functional groups attached to an aromatic ring is 1. The molecule has 3 fully saturated rings. The predicted molar refractivity (Wildman–Crippen MR) is 144 cm³/mol. The summed E-state index contributed by atoms with van der Waals surface area (Å²) in [5.41, 5.74) is 6.86. The molecule has 3 amide bonds. The molecule has 0 aliphatic carbocycles. The van der Waals surface area contributed by atoms with Gasteiger partial charge in [-0.15, -0.1) is 0 Å². The van der Waals surface area contributed by atoms with Crippen molar-refractivity contribution in [3.8, 4) is 0 Å². The van der Waals surface area contributed by atoms with E-state index in [9.17, 15) is 24.6 Å². The molecule has 3 saturated heterocycles. The molecule has 3 aliphatic heterocycles. The number of aromatic nitrogens is 4. The summed E-state index contributed by atoms with van der Waals surface area (Å²) in [5.74, 6) is 0.704. The van der Waals surface area contributed by atoms with Gasteiger partial charge in [0.25, 0.3) is 5.91 Å². The highest BCUT2D eigenvalue weighted by molar-refractivity contribution is 5.83. The number of rotatable bonds is 9. The van der Waals surface area contributed by atoms with Gasteiger partial charge in [-0.3, -0.25) is 14.2 Å². The summed E-state index contributed by atoms with van der Waals surface area (Å²) in [6, 6.07) is 0. The Bertz CT molecular complexity index is 1260. The fourth-order valence-corrected chi connectivity index (χ4v) is 5.68. The zero-order chi connectivity index (χ0) is 29.1. The van der Waals surface area contributed by atoms with E-state index in [4.69, 9.17) is 15.2 Å². The largest absolute Gasteiger partial charge is 0.449 e. The van der Waals surface area contributed by atoms with Crippen molar-refractivity contribution in [2.45, 2.75) is 70.0 Å². The third-order valence-electron chi connectivity index (χ3n) is 8.01. The van der Waals surface area contributed by atoms with E-state index in [2.05, 4.69) is 25.6 Å². The number of aryl methyl sites for hydroxylation is 1. The zero-order valence-electron chi connectivity index (χ0n) is 23.1. The predicted octanol–water partition coefficient (Wildman–Crippen LogP) is -0.529. The third kappa shape index (κ3) is 6.36. The first kappa shape index (κ1) is 29.0. The number of hydrogen-bond donors (Lipinski definition) is 5. The molecule has 2 aromatic heterocycles. The minimum atomic E-state index is -1.41. The highest BCUT2D eigenvalue weighted by atomic mass is 16.6. The van der Waals surface area contributed by atoms with Gasteiger partial charge in [-0.1, -0.05) is 0 Å². The van der Waals surface area contributed by atoms with Crippen LogP contribution in [0.15, 0.2) is 6.33 Å². The number of piperidine rings is 1. The number of ether oxygens (including phenoxy) is 2. The number of hydrogen-bond acceptors (Lipinski definition) is 11. The monoisotopic (exact) mass is 574 g/mol. The summed E-state index contributed by atoms with van der Waals surface area (Å²) in [5, 5.41) is 26.4. The lowest BCUT2D eigenvalue weighted by Gasteiger charge is -2.31. The number of carbonyl (C=O) groups excluding carboxylic acids is 3. The number of aliphatic hydroxyl groups is 2. The van der Waals surface area contributed by atoms with Gasteiger partial charge in [0.15, 0.2) is 23.8 Å². The van der Waals surface area contributed by atoms with Gasteiger partial charge in [0.1, 0.15) is 23.5 Å². The summed E-state index contributed by atoms with van der Waals surface area (Å²) >= 11 is 0. The lowest BCUT2D eigenvalue weighted by Crippen LogP contribution is -2.42. The number of nitrogens with zero attached hydrogens (tertiary/aromatic N) is 5. The maximum Gasteiger partial charge on any atom is 0.409 e. The molecular weight excluding hydrogens is 536 g/mol. The minimum Gasteiger partial charge on any atom is -0.449 e. The lowest BCUT2D eigenvalue weighted by atomic mass is 9.91. The number of anilines is 1. The van der Waals surface area contributed by atoms with Crippen molar-refractivity contribution in [3.63, 3.8) is 0 Å². The fourth-order valence-electron chi connectivity index (χ4n) is 5.68. The molecule has 5 heterocycles. The molecule has 2 aromatic rings. The average Bonchev–Trinajstić information content (AvgIpc) is 3.65. The quantitative estimate of drug-likeness (QED) is 0.257. The first-order valence-electron chi connectivity index (χ1n) is 14.2. The Balaban J connectivity index is 1.13. The Labute approximate surface area is 236 Å². The lowest BCUT2D eigenvalue weighted by molar-refractivity contribution is -0.137. The van der Waals surface area contributed by atoms with E-state index in [0.29, 0.717) is 61.9 Å². The number of imidazole rings is 1. The molecule has 15 nitrogen and oxygen atoms in total. The first-order valence-corrected chi connectivity index (χ1v) is 14.2. The second-order valence-electron chi connectivity index (χ2n) is 10.9. The highest BCUT2D eigenvalue weighted by Gasteiger charge is 2.47. The van der Waals surface area contributed by atoms with Gasteiger partial charge in [0, 0.05) is 44.9 Å². The minimum absolute atomic E-state index is 0.00151. The molecule has 15 heteroatoms. The van der Waals surface area contributed by atoms with Crippen LogP contribution in [0.25, 0.3) is 11.2 Å². The van der Waals surface area contributed by atoms with Crippen molar-refractivity contribution < 1.29 is 34.1 Å².